The number of nitrogens with one attached hydrogen (secondary N) is 1. The first-order valence-corrected chi connectivity index (χ1v) is 9.84. The molecule has 28 heavy (non-hydrogen) atoms. The first-order valence-electron chi connectivity index (χ1n) is 9.84. The fourth-order valence-corrected chi connectivity index (χ4v) is 4.20. The van der Waals surface area contributed by atoms with E-state index in [-0.39, 0.29) is 11.7 Å². The topological polar surface area (TPSA) is 44.8 Å². The zero-order chi connectivity index (χ0) is 19.5. The Morgan fingerprint density at radius 2 is 1.86 bits per heavy atom. The molecular weight excluding hydrogens is 357 g/mol. The van der Waals surface area contributed by atoms with E-state index in [0.717, 1.165) is 25.9 Å². The van der Waals surface area contributed by atoms with Crippen LogP contribution in [-0.4, -0.2) is 55.2 Å². The van der Waals surface area contributed by atoms with Crippen LogP contribution < -0.4 is 10.1 Å². The molecule has 1 N–H and O–H groups in total. The van der Waals surface area contributed by atoms with Crippen LogP contribution in [0.5, 0.6) is 5.75 Å². The number of fused-ring (bicyclic) bond motifs is 1. The van der Waals surface area contributed by atoms with Crippen molar-refractivity contribution in [3.8, 4) is 5.75 Å². The van der Waals surface area contributed by atoms with E-state index in [0.29, 0.717) is 24.9 Å². The number of ether oxygens (including phenoxy) is 1. The predicted molar refractivity (Wildman–Crippen MR) is 107 cm³/mol. The Kier molecular flexibility index (Phi) is 5.48. The summed E-state index contributed by atoms with van der Waals surface area (Å²) in [6.45, 7) is 3.01. The summed E-state index contributed by atoms with van der Waals surface area (Å²) in [6, 6.07) is 13.4. The van der Waals surface area contributed by atoms with Crippen LogP contribution in [0.4, 0.5) is 14.9 Å². The van der Waals surface area contributed by atoms with Gasteiger partial charge in [-0.05, 0) is 42.5 Å². The van der Waals surface area contributed by atoms with Gasteiger partial charge in [0, 0.05) is 38.3 Å². The summed E-state index contributed by atoms with van der Waals surface area (Å²) in [4.78, 5) is 16.8. The second-order valence-corrected chi connectivity index (χ2v) is 7.46. The molecule has 0 radical (unpaired) electrons. The smallest absolute Gasteiger partial charge is 0.322 e. The number of hydrogen-bond acceptors (Lipinski definition) is 3. The highest BCUT2D eigenvalue weighted by Gasteiger charge is 2.28. The first kappa shape index (κ1) is 18.7. The fourth-order valence-electron chi connectivity index (χ4n) is 4.20. The summed E-state index contributed by atoms with van der Waals surface area (Å²) in [5, 5.41) is 2.68. The second kappa shape index (κ2) is 8.19. The fraction of sp³-hybridized carbons (Fsp3) is 0.409. The van der Waals surface area contributed by atoms with E-state index in [2.05, 4.69) is 34.5 Å². The van der Waals surface area contributed by atoms with Crippen molar-refractivity contribution in [3.63, 3.8) is 0 Å². The Hall–Kier alpha value is -2.60. The number of aryl methyl sites for hydroxylation is 1. The second-order valence-electron chi connectivity index (χ2n) is 7.46. The molecule has 1 fully saturated rings. The van der Waals surface area contributed by atoms with E-state index in [1.54, 1.807) is 11.0 Å². The number of anilines is 1. The molecular formula is C22H26FN3O2. The van der Waals surface area contributed by atoms with Gasteiger partial charge in [-0.1, -0.05) is 24.3 Å². The minimum Gasteiger partial charge on any atom is -0.497 e. The summed E-state index contributed by atoms with van der Waals surface area (Å²) in [7, 11) is 1.48. The number of halogens is 1. The molecule has 2 aromatic carbocycles. The number of methoxy groups -OCH3 is 1. The molecule has 1 atom stereocenters. The van der Waals surface area contributed by atoms with Crippen molar-refractivity contribution >= 4 is 11.7 Å². The van der Waals surface area contributed by atoms with Crippen molar-refractivity contribution in [1.29, 1.82) is 0 Å². The molecule has 0 saturated carbocycles. The SMILES string of the molecule is COc1ccc(NC(=O)N2CCN([C@H]3CCc4ccccc4C3)CC2)c(F)c1. The van der Waals surface area contributed by atoms with E-state index in [4.69, 9.17) is 4.74 Å². The Morgan fingerprint density at radius 1 is 1.11 bits per heavy atom. The molecule has 0 bridgehead atoms. The van der Waals surface area contributed by atoms with Gasteiger partial charge in [0.15, 0.2) is 0 Å². The number of piperazine rings is 1. The summed E-state index contributed by atoms with van der Waals surface area (Å²) in [5.41, 5.74) is 3.10. The van der Waals surface area contributed by atoms with E-state index in [1.165, 1.54) is 36.8 Å². The molecule has 0 spiro atoms. The molecule has 0 aromatic heterocycles. The van der Waals surface area contributed by atoms with Gasteiger partial charge in [-0.2, -0.15) is 0 Å². The van der Waals surface area contributed by atoms with Crippen LogP contribution in [0.3, 0.4) is 0 Å². The van der Waals surface area contributed by atoms with Gasteiger partial charge in [0.25, 0.3) is 0 Å². The maximum Gasteiger partial charge on any atom is 0.322 e. The quantitative estimate of drug-likeness (QED) is 0.882. The van der Waals surface area contributed by atoms with Crippen LogP contribution in [0.2, 0.25) is 0 Å². The molecule has 1 aliphatic heterocycles. The Labute approximate surface area is 165 Å². The largest absolute Gasteiger partial charge is 0.497 e. The average Bonchev–Trinajstić information content (AvgIpc) is 2.75. The lowest BCUT2D eigenvalue weighted by molar-refractivity contribution is 0.106. The van der Waals surface area contributed by atoms with Crippen molar-refractivity contribution in [1.82, 2.24) is 9.80 Å². The molecule has 6 heteroatoms. The van der Waals surface area contributed by atoms with Crippen LogP contribution in [-0.2, 0) is 12.8 Å². The van der Waals surface area contributed by atoms with Gasteiger partial charge >= 0.3 is 6.03 Å². The Morgan fingerprint density at radius 3 is 2.57 bits per heavy atom. The highest BCUT2D eigenvalue weighted by atomic mass is 19.1. The van der Waals surface area contributed by atoms with E-state index < -0.39 is 5.82 Å². The zero-order valence-electron chi connectivity index (χ0n) is 16.2. The molecule has 1 saturated heterocycles. The summed E-state index contributed by atoms with van der Waals surface area (Å²) in [5.74, 6) is -0.0645. The van der Waals surface area contributed by atoms with Crippen LogP contribution in [0, 0.1) is 5.82 Å². The van der Waals surface area contributed by atoms with Crippen molar-refractivity contribution < 1.29 is 13.9 Å². The molecule has 0 unspecified atom stereocenters. The molecule has 2 aliphatic rings. The average molecular weight is 383 g/mol. The van der Waals surface area contributed by atoms with Crippen molar-refractivity contribution in [2.24, 2.45) is 0 Å². The Balaban J connectivity index is 1.31. The predicted octanol–water partition coefficient (Wildman–Crippen LogP) is 3.54. The molecule has 148 valence electrons. The zero-order valence-corrected chi connectivity index (χ0v) is 16.2. The van der Waals surface area contributed by atoms with Gasteiger partial charge < -0.3 is 15.0 Å². The molecule has 2 amide bonds. The van der Waals surface area contributed by atoms with Crippen LogP contribution in [0.15, 0.2) is 42.5 Å². The summed E-state index contributed by atoms with van der Waals surface area (Å²) < 4.78 is 19.1. The molecule has 1 heterocycles. The minimum absolute atomic E-state index is 0.178. The lowest BCUT2D eigenvalue weighted by Crippen LogP contribution is -2.54. The van der Waals surface area contributed by atoms with Crippen LogP contribution in [0.25, 0.3) is 0 Å². The van der Waals surface area contributed by atoms with Crippen molar-refractivity contribution in [2.45, 2.75) is 25.3 Å². The number of benzene rings is 2. The lowest BCUT2D eigenvalue weighted by Gasteiger charge is -2.41. The first-order chi connectivity index (χ1) is 13.6. The maximum atomic E-state index is 14.1. The normalized spacial score (nSPS) is 19.8. The van der Waals surface area contributed by atoms with Crippen LogP contribution >= 0.6 is 0 Å². The highest BCUT2D eigenvalue weighted by Crippen LogP contribution is 2.25. The van der Waals surface area contributed by atoms with Crippen molar-refractivity contribution in [3.05, 3.63) is 59.4 Å². The minimum atomic E-state index is -0.493. The lowest BCUT2D eigenvalue weighted by atomic mass is 9.87. The van der Waals surface area contributed by atoms with Crippen LogP contribution in [0.1, 0.15) is 17.5 Å². The van der Waals surface area contributed by atoms with Gasteiger partial charge in [0.05, 0.1) is 12.8 Å². The third-order valence-electron chi connectivity index (χ3n) is 5.86. The summed E-state index contributed by atoms with van der Waals surface area (Å²) >= 11 is 0. The molecule has 5 nitrogen and oxygen atoms in total. The van der Waals surface area contributed by atoms with Crippen molar-refractivity contribution in [2.75, 3.05) is 38.6 Å². The number of hydrogen-bond donors (Lipinski definition) is 1. The number of rotatable bonds is 3. The van der Waals surface area contributed by atoms with Gasteiger partial charge in [-0.15, -0.1) is 0 Å². The third kappa shape index (κ3) is 3.97. The van der Waals surface area contributed by atoms with E-state index >= 15 is 0 Å². The molecule has 4 rings (SSSR count). The van der Waals surface area contributed by atoms with Gasteiger partial charge in [-0.3, -0.25) is 4.90 Å². The van der Waals surface area contributed by atoms with E-state index in [1.807, 2.05) is 0 Å². The highest BCUT2D eigenvalue weighted by molar-refractivity contribution is 5.89. The number of nitrogens with zero attached hydrogens (tertiary/aromatic N) is 2. The number of carbonyl (C=O) groups is 1. The Bertz CT molecular complexity index is 849. The molecule has 2 aromatic rings. The standard InChI is InChI=1S/C22H26FN3O2/c1-28-19-8-9-21(20(23)15-19)24-22(27)26-12-10-25(11-13-26)18-7-6-16-4-2-3-5-17(16)14-18/h2-5,8-9,15,18H,6-7,10-14H2,1H3,(H,24,27)/t18-/m0/s1. The monoisotopic (exact) mass is 383 g/mol. The number of amides is 2. The van der Waals surface area contributed by atoms with Gasteiger partial charge in [-0.25, -0.2) is 9.18 Å². The van der Waals surface area contributed by atoms with Gasteiger partial charge in [0.2, 0.25) is 0 Å². The summed E-state index contributed by atoms with van der Waals surface area (Å²) in [6.07, 6.45) is 3.37. The molecule has 1 aliphatic carbocycles. The number of urea groups is 1. The third-order valence-corrected chi connectivity index (χ3v) is 5.86. The van der Waals surface area contributed by atoms with Gasteiger partial charge in [0.1, 0.15) is 11.6 Å². The maximum absolute atomic E-state index is 14.1. The number of carbonyl (C=O) groups excluding carboxylic acids is 1. The van der Waals surface area contributed by atoms with E-state index in [9.17, 15) is 9.18 Å².